The van der Waals surface area contributed by atoms with Gasteiger partial charge in [-0.2, -0.15) is 0 Å². The lowest BCUT2D eigenvalue weighted by Gasteiger charge is -2.11. The molecule has 1 aromatic carbocycles. The molecule has 4 heteroatoms. The molecule has 0 bridgehead atoms. The summed E-state index contributed by atoms with van der Waals surface area (Å²) in [6, 6.07) is 5.92. The van der Waals surface area contributed by atoms with E-state index in [1.165, 1.54) is 22.2 Å². The van der Waals surface area contributed by atoms with Crippen molar-refractivity contribution in [2.75, 3.05) is 12.3 Å². The van der Waals surface area contributed by atoms with Gasteiger partial charge in [0.2, 0.25) is 0 Å². The summed E-state index contributed by atoms with van der Waals surface area (Å²) in [6.45, 7) is 8.29. The van der Waals surface area contributed by atoms with Gasteiger partial charge in [-0.15, -0.1) is 11.8 Å². The van der Waals surface area contributed by atoms with Crippen molar-refractivity contribution in [2.24, 2.45) is 0 Å². The minimum atomic E-state index is -0.170. The summed E-state index contributed by atoms with van der Waals surface area (Å²) >= 11 is 1.45. The van der Waals surface area contributed by atoms with E-state index in [4.69, 9.17) is 0 Å². The van der Waals surface area contributed by atoms with Crippen LogP contribution in [-0.2, 0) is 9.59 Å². The number of hydrogen-bond donors (Lipinski definition) is 0. The molecule has 0 saturated carbocycles. The first-order valence-corrected chi connectivity index (χ1v) is 7.80. The van der Waals surface area contributed by atoms with Crippen molar-refractivity contribution in [1.82, 2.24) is 4.90 Å². The monoisotopic (exact) mass is 289 g/mol. The molecule has 0 aromatic heterocycles. The Hall–Kier alpha value is -1.55. The lowest BCUT2D eigenvalue weighted by Crippen LogP contribution is -2.31. The first-order chi connectivity index (χ1) is 9.51. The van der Waals surface area contributed by atoms with E-state index in [9.17, 15) is 9.59 Å². The highest BCUT2D eigenvalue weighted by Gasteiger charge is 2.37. The molecular weight excluding hydrogens is 270 g/mol. The SMILES string of the molecule is CCSC1=C(c2ccc(C)c(C)c2)C(=O)N(CC)C1=O. The van der Waals surface area contributed by atoms with Gasteiger partial charge in [-0.3, -0.25) is 14.5 Å². The standard InChI is InChI=1S/C16H19NO2S/c1-5-17-15(18)13(14(16(17)19)20-6-2)12-8-7-10(3)11(4)9-12/h7-9H,5-6H2,1-4H3. The minimum absolute atomic E-state index is 0.155. The predicted molar refractivity (Wildman–Crippen MR) is 83.4 cm³/mol. The third kappa shape index (κ3) is 2.40. The predicted octanol–water partition coefficient (Wildman–Crippen LogP) is 3.16. The van der Waals surface area contributed by atoms with E-state index >= 15 is 0 Å². The lowest BCUT2D eigenvalue weighted by atomic mass is 10.0. The van der Waals surface area contributed by atoms with Gasteiger partial charge in [0.1, 0.15) is 0 Å². The second-order valence-corrected chi connectivity index (χ2v) is 6.07. The molecule has 1 heterocycles. The molecule has 0 radical (unpaired) electrons. The molecule has 0 saturated heterocycles. The molecule has 1 aromatic rings. The maximum atomic E-state index is 12.5. The first-order valence-electron chi connectivity index (χ1n) is 6.82. The number of likely N-dealkylation sites (N-methyl/N-ethyl adjacent to an activating group) is 1. The zero-order valence-electron chi connectivity index (χ0n) is 12.3. The van der Waals surface area contributed by atoms with E-state index in [1.807, 2.05) is 45.9 Å². The summed E-state index contributed by atoms with van der Waals surface area (Å²) in [5.41, 5.74) is 3.72. The van der Waals surface area contributed by atoms with Crippen molar-refractivity contribution < 1.29 is 9.59 Å². The molecule has 0 atom stereocenters. The van der Waals surface area contributed by atoms with Crippen LogP contribution in [0.3, 0.4) is 0 Å². The van der Waals surface area contributed by atoms with E-state index < -0.39 is 0 Å². The van der Waals surface area contributed by atoms with Crippen molar-refractivity contribution in [3.05, 3.63) is 39.8 Å². The van der Waals surface area contributed by atoms with Crippen molar-refractivity contribution >= 4 is 29.1 Å². The summed E-state index contributed by atoms with van der Waals surface area (Å²) < 4.78 is 0. The van der Waals surface area contributed by atoms with E-state index in [1.54, 1.807) is 0 Å². The van der Waals surface area contributed by atoms with Crippen LogP contribution in [0.15, 0.2) is 23.1 Å². The molecule has 0 aliphatic carbocycles. The molecular formula is C16H19NO2S. The van der Waals surface area contributed by atoms with Gasteiger partial charge in [-0.25, -0.2) is 0 Å². The lowest BCUT2D eigenvalue weighted by molar-refractivity contribution is -0.136. The number of hydrogen-bond acceptors (Lipinski definition) is 3. The van der Waals surface area contributed by atoms with E-state index in [2.05, 4.69) is 0 Å². The Morgan fingerprint density at radius 1 is 1.05 bits per heavy atom. The van der Waals surface area contributed by atoms with Crippen LogP contribution in [0.4, 0.5) is 0 Å². The quantitative estimate of drug-likeness (QED) is 0.799. The van der Waals surface area contributed by atoms with Crippen LogP contribution in [-0.4, -0.2) is 29.0 Å². The molecule has 2 rings (SSSR count). The molecule has 0 fully saturated rings. The van der Waals surface area contributed by atoms with Gasteiger partial charge in [0.25, 0.3) is 11.8 Å². The number of carbonyl (C=O) groups is 2. The number of benzene rings is 1. The van der Waals surface area contributed by atoms with Crippen LogP contribution in [0, 0.1) is 13.8 Å². The van der Waals surface area contributed by atoms with Gasteiger partial charge in [-0.1, -0.05) is 25.1 Å². The van der Waals surface area contributed by atoms with Crippen LogP contribution in [0.25, 0.3) is 5.57 Å². The fraction of sp³-hybridized carbons (Fsp3) is 0.375. The number of rotatable bonds is 4. The van der Waals surface area contributed by atoms with Crippen molar-refractivity contribution in [2.45, 2.75) is 27.7 Å². The van der Waals surface area contributed by atoms with Crippen LogP contribution < -0.4 is 0 Å². The van der Waals surface area contributed by atoms with Gasteiger partial charge in [0.15, 0.2) is 0 Å². The van der Waals surface area contributed by atoms with Crippen LogP contribution >= 0.6 is 11.8 Å². The second kappa shape index (κ2) is 5.83. The summed E-state index contributed by atoms with van der Waals surface area (Å²) in [7, 11) is 0. The van der Waals surface area contributed by atoms with Crippen molar-refractivity contribution in [3.63, 3.8) is 0 Å². The molecule has 1 aliphatic rings. The van der Waals surface area contributed by atoms with Crippen LogP contribution in [0.5, 0.6) is 0 Å². The van der Waals surface area contributed by atoms with E-state index in [0.29, 0.717) is 17.0 Å². The van der Waals surface area contributed by atoms with Crippen LogP contribution in [0.1, 0.15) is 30.5 Å². The highest BCUT2D eigenvalue weighted by Crippen LogP contribution is 2.36. The number of carbonyl (C=O) groups excluding carboxylic acids is 2. The summed E-state index contributed by atoms with van der Waals surface area (Å²) in [4.78, 5) is 26.7. The minimum Gasteiger partial charge on any atom is -0.274 e. The smallest absolute Gasteiger partial charge is 0.267 e. The maximum absolute atomic E-state index is 12.5. The van der Waals surface area contributed by atoms with Gasteiger partial charge in [0.05, 0.1) is 10.5 Å². The van der Waals surface area contributed by atoms with Crippen molar-refractivity contribution in [3.8, 4) is 0 Å². The topological polar surface area (TPSA) is 37.4 Å². The fourth-order valence-electron chi connectivity index (χ4n) is 2.27. The molecule has 1 aliphatic heterocycles. The Morgan fingerprint density at radius 3 is 2.30 bits per heavy atom. The molecule has 20 heavy (non-hydrogen) atoms. The highest BCUT2D eigenvalue weighted by molar-refractivity contribution is 8.04. The average molecular weight is 289 g/mol. The Labute approximate surface area is 124 Å². The third-order valence-electron chi connectivity index (χ3n) is 3.53. The van der Waals surface area contributed by atoms with E-state index in [-0.39, 0.29) is 11.8 Å². The molecule has 0 N–H and O–H groups in total. The second-order valence-electron chi connectivity index (χ2n) is 4.79. The normalized spacial score (nSPS) is 15.5. The highest BCUT2D eigenvalue weighted by atomic mass is 32.2. The van der Waals surface area contributed by atoms with E-state index in [0.717, 1.165) is 16.9 Å². The maximum Gasteiger partial charge on any atom is 0.267 e. The molecule has 3 nitrogen and oxygen atoms in total. The number of amides is 2. The summed E-state index contributed by atoms with van der Waals surface area (Å²) in [6.07, 6.45) is 0. The zero-order chi connectivity index (χ0) is 14.9. The molecule has 106 valence electrons. The number of nitrogens with zero attached hydrogens (tertiary/aromatic N) is 1. The number of imide groups is 1. The number of aryl methyl sites for hydroxylation is 2. The van der Waals surface area contributed by atoms with Gasteiger partial charge in [0, 0.05) is 6.54 Å². The van der Waals surface area contributed by atoms with Crippen molar-refractivity contribution in [1.29, 1.82) is 0 Å². The number of thioether (sulfide) groups is 1. The third-order valence-corrected chi connectivity index (χ3v) is 4.48. The van der Waals surface area contributed by atoms with Gasteiger partial charge >= 0.3 is 0 Å². The Balaban J connectivity index is 2.56. The van der Waals surface area contributed by atoms with Crippen LogP contribution in [0.2, 0.25) is 0 Å². The fourth-order valence-corrected chi connectivity index (χ4v) is 3.14. The first kappa shape index (κ1) is 14.9. The molecule has 0 spiro atoms. The summed E-state index contributed by atoms with van der Waals surface area (Å²) in [5, 5.41) is 0. The largest absolute Gasteiger partial charge is 0.274 e. The van der Waals surface area contributed by atoms with Gasteiger partial charge in [-0.05, 0) is 43.2 Å². The average Bonchev–Trinajstić information content (AvgIpc) is 2.65. The Morgan fingerprint density at radius 2 is 1.75 bits per heavy atom. The Kier molecular flexibility index (Phi) is 4.33. The van der Waals surface area contributed by atoms with Gasteiger partial charge < -0.3 is 0 Å². The zero-order valence-corrected chi connectivity index (χ0v) is 13.1. The molecule has 0 unspecified atom stereocenters. The Bertz CT molecular complexity index is 604. The molecule has 2 amide bonds. The summed E-state index contributed by atoms with van der Waals surface area (Å²) in [5.74, 6) is 0.453.